The van der Waals surface area contributed by atoms with E-state index >= 15 is 0 Å². The number of carbonyl (C=O) groups excluding carboxylic acids is 4. The van der Waals surface area contributed by atoms with Crippen LogP contribution in [0, 0.1) is 11.3 Å². The van der Waals surface area contributed by atoms with Gasteiger partial charge in [-0.25, -0.2) is 4.98 Å². The van der Waals surface area contributed by atoms with Crippen molar-refractivity contribution >= 4 is 63.7 Å². The van der Waals surface area contributed by atoms with E-state index in [-0.39, 0.29) is 41.0 Å². The topological polar surface area (TPSA) is 163 Å². The van der Waals surface area contributed by atoms with Crippen LogP contribution in [0.25, 0.3) is 0 Å². The van der Waals surface area contributed by atoms with Crippen LogP contribution < -0.4 is 30.5 Å². The van der Waals surface area contributed by atoms with Crippen LogP contribution in [0.15, 0.2) is 54.7 Å². The number of nitrogens with zero attached hydrogens (tertiary/aromatic N) is 6. The number of benzene rings is 2. The Kier molecular flexibility index (Phi) is 12.4. The summed E-state index contributed by atoms with van der Waals surface area (Å²) in [6.07, 6.45) is -2.57. The summed E-state index contributed by atoms with van der Waals surface area (Å²) in [6, 6.07) is 13.8. The van der Waals surface area contributed by atoms with Crippen LogP contribution in [0.2, 0.25) is 0 Å². The maximum absolute atomic E-state index is 13.7. The predicted molar refractivity (Wildman–Crippen MR) is 214 cm³/mol. The first-order valence-electron chi connectivity index (χ1n) is 18.9. The molecule has 4 amide bonds. The molecule has 2 aromatic carbocycles. The molecule has 1 unspecified atom stereocenters. The molecule has 0 saturated carbocycles. The third-order valence-electron chi connectivity index (χ3n) is 10.6. The van der Waals surface area contributed by atoms with Crippen LogP contribution >= 0.6 is 12.2 Å². The predicted octanol–water partition coefficient (Wildman–Crippen LogP) is 4.69. The second-order valence-corrected chi connectivity index (χ2v) is 15.1. The van der Waals surface area contributed by atoms with Gasteiger partial charge in [0.05, 0.1) is 23.5 Å². The third kappa shape index (κ3) is 8.91. The molecule has 3 N–H and O–H groups in total. The Labute approximate surface area is 339 Å². The summed E-state index contributed by atoms with van der Waals surface area (Å²) in [5, 5.41) is 17.6. The van der Waals surface area contributed by atoms with Crippen molar-refractivity contribution in [3.8, 4) is 11.8 Å². The number of anilines is 4. The van der Waals surface area contributed by atoms with Gasteiger partial charge in [-0.2, -0.15) is 18.4 Å². The third-order valence-corrected chi connectivity index (χ3v) is 11.0. The average molecular weight is 820 g/mol. The van der Waals surface area contributed by atoms with Gasteiger partial charge in [0, 0.05) is 56.2 Å². The second-order valence-electron chi connectivity index (χ2n) is 14.8. The van der Waals surface area contributed by atoms with Gasteiger partial charge in [0.2, 0.25) is 17.7 Å². The van der Waals surface area contributed by atoms with Gasteiger partial charge < -0.3 is 20.3 Å². The molecule has 2 atom stereocenters. The molecule has 3 aliphatic rings. The Hall–Kier alpha value is -5.64. The summed E-state index contributed by atoms with van der Waals surface area (Å²) in [5.41, 5.74) is -0.816. The Bertz CT molecular complexity index is 2150. The molecular formula is C40H44F3N9O5S. The van der Waals surface area contributed by atoms with Gasteiger partial charge in [-0.1, -0.05) is 13.0 Å². The number of aryl methyl sites for hydroxylation is 1. The lowest BCUT2D eigenvalue weighted by Crippen LogP contribution is -2.53. The molecule has 0 bridgehead atoms. The van der Waals surface area contributed by atoms with Crippen molar-refractivity contribution in [3.05, 3.63) is 71.5 Å². The number of aromatic nitrogens is 1. The first kappa shape index (κ1) is 42.0. The van der Waals surface area contributed by atoms with E-state index in [2.05, 4.69) is 30.7 Å². The van der Waals surface area contributed by atoms with Gasteiger partial charge in [-0.05, 0) is 93.9 Å². The van der Waals surface area contributed by atoms with Crippen LogP contribution in [0.5, 0.6) is 5.75 Å². The maximum atomic E-state index is 13.7. The van der Waals surface area contributed by atoms with Crippen molar-refractivity contribution in [3.63, 3.8) is 0 Å². The van der Waals surface area contributed by atoms with Crippen molar-refractivity contribution < 1.29 is 37.1 Å². The molecule has 3 saturated heterocycles. The Morgan fingerprint density at radius 2 is 1.81 bits per heavy atom. The van der Waals surface area contributed by atoms with Crippen molar-refractivity contribution in [1.29, 1.82) is 5.26 Å². The van der Waals surface area contributed by atoms with Gasteiger partial charge in [0.15, 0.2) is 10.8 Å². The molecule has 306 valence electrons. The molecule has 3 aromatic rings. The smallest absolute Gasteiger partial charge is 0.419 e. The van der Waals surface area contributed by atoms with Crippen molar-refractivity contribution in [2.75, 3.05) is 59.8 Å². The van der Waals surface area contributed by atoms with E-state index in [1.807, 2.05) is 19.9 Å². The molecule has 18 heteroatoms. The normalized spacial score (nSPS) is 19.4. The molecule has 3 aliphatic heterocycles. The molecule has 0 spiro atoms. The summed E-state index contributed by atoms with van der Waals surface area (Å²) in [7, 11) is 0. The number of ether oxygens (including phenoxy) is 1. The number of nitriles is 1. The minimum Gasteiger partial charge on any atom is -0.492 e. The molecule has 0 radical (unpaired) electrons. The lowest BCUT2D eigenvalue weighted by Gasteiger charge is -2.37. The number of pyridine rings is 1. The van der Waals surface area contributed by atoms with Crippen LogP contribution in [-0.4, -0.2) is 100 Å². The second kappa shape index (κ2) is 17.1. The summed E-state index contributed by atoms with van der Waals surface area (Å²) >= 11 is 5.68. The zero-order valence-corrected chi connectivity index (χ0v) is 33.3. The van der Waals surface area contributed by atoms with Gasteiger partial charge in [-0.15, -0.1) is 0 Å². The lowest BCUT2D eigenvalue weighted by molar-refractivity contribution is -0.138. The summed E-state index contributed by atoms with van der Waals surface area (Å²) in [4.78, 5) is 61.1. The highest BCUT2D eigenvalue weighted by molar-refractivity contribution is 7.81. The van der Waals surface area contributed by atoms with Crippen molar-refractivity contribution in [1.82, 2.24) is 20.1 Å². The SMILES string of the molecule is CCc1cc(N2C(=S)N(c3cnc(C#N)c(C(F)(F)F)c3)C(=O)C2(C)C)ccc1OCCN1CCN([C@H](C)C(=O)Nc2cccc(NC3CCC(=O)NC3=O)c2)CC1. The minimum absolute atomic E-state index is 0.0233. The number of piperidine rings is 1. The summed E-state index contributed by atoms with van der Waals surface area (Å²) in [5.74, 6) is -0.695. The molecule has 6 rings (SSSR count). The van der Waals surface area contributed by atoms with Crippen LogP contribution in [0.3, 0.4) is 0 Å². The quantitative estimate of drug-likeness (QED) is 0.171. The molecule has 1 aromatic heterocycles. The summed E-state index contributed by atoms with van der Waals surface area (Å²) < 4.78 is 47.4. The number of nitrogens with one attached hydrogen (secondary N) is 3. The van der Waals surface area contributed by atoms with Crippen molar-refractivity contribution in [2.45, 2.75) is 70.8 Å². The van der Waals surface area contributed by atoms with E-state index in [4.69, 9.17) is 17.0 Å². The number of piperazine rings is 1. The van der Waals surface area contributed by atoms with E-state index < -0.39 is 34.9 Å². The number of halogens is 3. The van der Waals surface area contributed by atoms with Crippen LogP contribution in [0.4, 0.5) is 35.9 Å². The largest absolute Gasteiger partial charge is 0.492 e. The molecule has 0 aliphatic carbocycles. The highest BCUT2D eigenvalue weighted by Gasteiger charge is 2.51. The van der Waals surface area contributed by atoms with E-state index in [0.717, 1.165) is 35.8 Å². The van der Waals surface area contributed by atoms with E-state index in [0.29, 0.717) is 61.9 Å². The highest BCUT2D eigenvalue weighted by atomic mass is 32.1. The van der Waals surface area contributed by atoms with E-state index in [1.54, 1.807) is 55.1 Å². The number of amides is 4. The number of carbonyl (C=O) groups is 4. The van der Waals surface area contributed by atoms with Gasteiger partial charge in [0.1, 0.15) is 30.0 Å². The fraction of sp³-hybridized carbons (Fsp3) is 0.425. The Morgan fingerprint density at radius 3 is 2.48 bits per heavy atom. The van der Waals surface area contributed by atoms with E-state index in [9.17, 15) is 37.6 Å². The number of rotatable bonds is 12. The number of alkyl halides is 3. The summed E-state index contributed by atoms with van der Waals surface area (Å²) in [6.45, 7) is 11.0. The Balaban J connectivity index is 1.01. The highest BCUT2D eigenvalue weighted by Crippen LogP contribution is 2.40. The van der Waals surface area contributed by atoms with Gasteiger partial charge >= 0.3 is 6.18 Å². The van der Waals surface area contributed by atoms with Gasteiger partial charge in [0.25, 0.3) is 5.91 Å². The molecule has 3 fully saturated rings. The lowest BCUT2D eigenvalue weighted by atomic mass is 10.0. The monoisotopic (exact) mass is 819 g/mol. The fourth-order valence-corrected chi connectivity index (χ4v) is 7.77. The molecular weight excluding hydrogens is 776 g/mol. The molecule has 58 heavy (non-hydrogen) atoms. The van der Waals surface area contributed by atoms with Gasteiger partial charge in [-0.3, -0.25) is 39.2 Å². The standard InChI is InChI=1S/C40H44F3N9O5S/c1-5-25-19-28(52-38(58)51(37(56)39(52,3)4)29-21-30(40(41,42)43)32(22-44)45-23-29)9-11-33(25)57-18-17-49-13-15-50(16-14-49)24(2)35(54)47-27-8-6-7-26(20-27)46-31-10-12-34(53)48-36(31)55/h6-9,11,19-21,23-24,31,46H,5,10,12-18H2,1-4H3,(H,47,54)(H,48,53,55)/t24-,31?/m1/s1. The van der Waals surface area contributed by atoms with Crippen molar-refractivity contribution in [2.24, 2.45) is 0 Å². The number of hydrogen-bond acceptors (Lipinski definition) is 11. The first-order chi connectivity index (χ1) is 27.5. The number of imide groups is 1. The average Bonchev–Trinajstić information content (AvgIpc) is 3.37. The first-order valence-corrected chi connectivity index (χ1v) is 19.3. The number of hydrogen-bond donors (Lipinski definition) is 3. The fourth-order valence-electron chi connectivity index (χ4n) is 7.25. The zero-order valence-electron chi connectivity index (χ0n) is 32.5. The molecule has 14 nitrogen and oxygen atoms in total. The number of thiocarbonyl (C=S) groups is 1. The zero-order chi connectivity index (χ0) is 41.9. The van der Waals surface area contributed by atoms with E-state index in [1.165, 1.54) is 6.07 Å². The minimum atomic E-state index is -4.86. The molecule has 4 heterocycles. The van der Waals surface area contributed by atoms with Crippen LogP contribution in [0.1, 0.15) is 57.4 Å². The Morgan fingerprint density at radius 1 is 1.09 bits per heavy atom. The van der Waals surface area contributed by atoms with Crippen LogP contribution in [-0.2, 0) is 31.8 Å². The maximum Gasteiger partial charge on any atom is 0.419 e.